The number of rotatable bonds is 0. The van der Waals surface area contributed by atoms with Gasteiger partial charge < -0.3 is 5.73 Å². The van der Waals surface area contributed by atoms with E-state index in [9.17, 15) is 0 Å². The number of anilines is 1. The summed E-state index contributed by atoms with van der Waals surface area (Å²) in [5.41, 5.74) is 5.66. The molecule has 2 aromatic rings. The standard InChI is InChI=1S/C9H7ClN2/c10-8-5-12-9(11)7-4-2-1-3-6(7)8/h1-5H,(H2,11,12). The topological polar surface area (TPSA) is 38.9 Å². The number of nitrogen functional groups attached to an aromatic ring is 1. The molecular weight excluding hydrogens is 172 g/mol. The van der Waals surface area contributed by atoms with Crippen molar-refractivity contribution in [1.82, 2.24) is 4.98 Å². The normalized spacial score (nSPS) is 10.4. The average Bonchev–Trinajstić information content (AvgIpc) is 2.12. The summed E-state index contributed by atoms with van der Waals surface area (Å²) in [6.07, 6.45) is 1.57. The molecule has 1 heterocycles. The summed E-state index contributed by atoms with van der Waals surface area (Å²) in [5, 5.41) is 2.50. The van der Waals surface area contributed by atoms with E-state index in [1.54, 1.807) is 6.20 Å². The van der Waals surface area contributed by atoms with Crippen LogP contribution in [0.5, 0.6) is 0 Å². The van der Waals surface area contributed by atoms with Crippen LogP contribution in [0.25, 0.3) is 10.8 Å². The van der Waals surface area contributed by atoms with E-state index in [2.05, 4.69) is 4.98 Å². The van der Waals surface area contributed by atoms with Crippen LogP contribution in [0.4, 0.5) is 5.82 Å². The first kappa shape index (κ1) is 7.37. The molecule has 60 valence electrons. The summed E-state index contributed by atoms with van der Waals surface area (Å²) < 4.78 is 0. The van der Waals surface area contributed by atoms with Gasteiger partial charge in [0.25, 0.3) is 0 Å². The highest BCUT2D eigenvalue weighted by Gasteiger charge is 2.00. The zero-order valence-electron chi connectivity index (χ0n) is 6.29. The summed E-state index contributed by atoms with van der Waals surface area (Å²) in [4.78, 5) is 3.95. The van der Waals surface area contributed by atoms with Gasteiger partial charge in [0.1, 0.15) is 5.82 Å². The van der Waals surface area contributed by atoms with Crippen LogP contribution in [0.2, 0.25) is 5.02 Å². The molecule has 0 aliphatic rings. The lowest BCUT2D eigenvalue weighted by Crippen LogP contribution is -1.90. The molecule has 0 unspecified atom stereocenters. The summed E-state index contributed by atoms with van der Waals surface area (Å²) in [5.74, 6) is 0.523. The van der Waals surface area contributed by atoms with E-state index in [1.807, 2.05) is 24.3 Å². The maximum atomic E-state index is 5.91. The Kier molecular flexibility index (Phi) is 1.62. The molecule has 2 rings (SSSR count). The first-order chi connectivity index (χ1) is 5.79. The van der Waals surface area contributed by atoms with E-state index < -0.39 is 0 Å². The molecule has 2 nitrogen and oxygen atoms in total. The molecule has 0 fully saturated rings. The molecule has 2 N–H and O–H groups in total. The van der Waals surface area contributed by atoms with Crippen molar-refractivity contribution >= 4 is 28.2 Å². The zero-order chi connectivity index (χ0) is 8.55. The van der Waals surface area contributed by atoms with E-state index >= 15 is 0 Å². The van der Waals surface area contributed by atoms with Crippen molar-refractivity contribution < 1.29 is 0 Å². The highest BCUT2D eigenvalue weighted by atomic mass is 35.5. The van der Waals surface area contributed by atoms with Crippen molar-refractivity contribution in [3.8, 4) is 0 Å². The number of benzene rings is 1. The van der Waals surface area contributed by atoms with E-state index in [0.717, 1.165) is 10.8 Å². The summed E-state index contributed by atoms with van der Waals surface area (Å²) in [7, 11) is 0. The van der Waals surface area contributed by atoms with Crippen molar-refractivity contribution in [3.63, 3.8) is 0 Å². The Morgan fingerprint density at radius 1 is 1.17 bits per heavy atom. The number of hydrogen-bond acceptors (Lipinski definition) is 2. The number of aromatic nitrogens is 1. The van der Waals surface area contributed by atoms with Crippen molar-refractivity contribution in [3.05, 3.63) is 35.5 Å². The maximum absolute atomic E-state index is 5.91. The first-order valence-electron chi connectivity index (χ1n) is 3.58. The minimum atomic E-state index is 0.523. The third-order valence-corrected chi connectivity index (χ3v) is 2.08. The van der Waals surface area contributed by atoms with Gasteiger partial charge in [-0.25, -0.2) is 4.98 Å². The zero-order valence-corrected chi connectivity index (χ0v) is 7.05. The Balaban J connectivity index is 2.95. The lowest BCUT2D eigenvalue weighted by atomic mass is 10.2. The fourth-order valence-corrected chi connectivity index (χ4v) is 1.39. The van der Waals surface area contributed by atoms with Crippen LogP contribution < -0.4 is 5.73 Å². The third kappa shape index (κ3) is 1.01. The summed E-state index contributed by atoms with van der Waals surface area (Å²) in [6, 6.07) is 7.67. The lowest BCUT2D eigenvalue weighted by Gasteiger charge is -2.01. The monoisotopic (exact) mass is 178 g/mol. The Morgan fingerprint density at radius 2 is 1.83 bits per heavy atom. The number of nitrogens with two attached hydrogens (primary N) is 1. The fraction of sp³-hybridized carbons (Fsp3) is 0. The van der Waals surface area contributed by atoms with Crippen LogP contribution in [0.15, 0.2) is 30.5 Å². The number of fused-ring (bicyclic) bond motifs is 1. The molecule has 12 heavy (non-hydrogen) atoms. The van der Waals surface area contributed by atoms with Gasteiger partial charge in [0.15, 0.2) is 0 Å². The van der Waals surface area contributed by atoms with E-state index in [1.165, 1.54) is 0 Å². The van der Waals surface area contributed by atoms with Crippen LogP contribution in [0.3, 0.4) is 0 Å². The van der Waals surface area contributed by atoms with Gasteiger partial charge in [0.2, 0.25) is 0 Å². The second kappa shape index (κ2) is 2.64. The number of halogens is 1. The summed E-state index contributed by atoms with van der Waals surface area (Å²) >= 11 is 5.91. The molecule has 3 heteroatoms. The van der Waals surface area contributed by atoms with Gasteiger partial charge in [-0.15, -0.1) is 0 Å². The van der Waals surface area contributed by atoms with Gasteiger partial charge >= 0.3 is 0 Å². The average molecular weight is 179 g/mol. The third-order valence-electron chi connectivity index (χ3n) is 1.78. The number of nitrogens with zero attached hydrogens (tertiary/aromatic N) is 1. The van der Waals surface area contributed by atoms with E-state index in [0.29, 0.717) is 10.8 Å². The van der Waals surface area contributed by atoms with Crippen LogP contribution in [0.1, 0.15) is 0 Å². The van der Waals surface area contributed by atoms with Crippen LogP contribution in [0, 0.1) is 0 Å². The second-order valence-corrected chi connectivity index (χ2v) is 2.94. The Hall–Kier alpha value is -1.28. The predicted molar refractivity (Wildman–Crippen MR) is 51.2 cm³/mol. The molecular formula is C9H7ClN2. The SMILES string of the molecule is Nc1ncc(Cl)c2ccccc12. The maximum Gasteiger partial charge on any atom is 0.131 e. The summed E-state index contributed by atoms with van der Waals surface area (Å²) in [6.45, 7) is 0. The van der Waals surface area contributed by atoms with Gasteiger partial charge in [-0.3, -0.25) is 0 Å². The van der Waals surface area contributed by atoms with Gasteiger partial charge in [0.05, 0.1) is 5.02 Å². The van der Waals surface area contributed by atoms with Crippen LogP contribution in [-0.4, -0.2) is 4.98 Å². The molecule has 0 radical (unpaired) electrons. The van der Waals surface area contributed by atoms with E-state index in [-0.39, 0.29) is 0 Å². The quantitative estimate of drug-likeness (QED) is 0.673. The van der Waals surface area contributed by atoms with Crippen LogP contribution >= 0.6 is 11.6 Å². The van der Waals surface area contributed by atoms with Gasteiger partial charge in [0, 0.05) is 17.0 Å². The minimum Gasteiger partial charge on any atom is -0.383 e. The van der Waals surface area contributed by atoms with Gasteiger partial charge in [-0.1, -0.05) is 35.9 Å². The highest BCUT2D eigenvalue weighted by Crippen LogP contribution is 2.25. The van der Waals surface area contributed by atoms with E-state index in [4.69, 9.17) is 17.3 Å². The van der Waals surface area contributed by atoms with Crippen molar-refractivity contribution in [2.24, 2.45) is 0 Å². The molecule has 0 amide bonds. The molecule has 1 aromatic carbocycles. The molecule has 0 bridgehead atoms. The van der Waals surface area contributed by atoms with Gasteiger partial charge in [-0.05, 0) is 0 Å². The van der Waals surface area contributed by atoms with Gasteiger partial charge in [-0.2, -0.15) is 0 Å². The smallest absolute Gasteiger partial charge is 0.131 e. The second-order valence-electron chi connectivity index (χ2n) is 2.54. The minimum absolute atomic E-state index is 0.523. The van der Waals surface area contributed by atoms with Crippen molar-refractivity contribution in [2.75, 3.05) is 5.73 Å². The molecule has 0 saturated heterocycles. The molecule has 0 aliphatic carbocycles. The molecule has 0 spiro atoms. The Morgan fingerprint density at radius 3 is 2.50 bits per heavy atom. The lowest BCUT2D eigenvalue weighted by molar-refractivity contribution is 1.37. The number of hydrogen-bond donors (Lipinski definition) is 1. The molecule has 0 atom stereocenters. The largest absolute Gasteiger partial charge is 0.383 e. The first-order valence-corrected chi connectivity index (χ1v) is 3.95. The fourth-order valence-electron chi connectivity index (χ4n) is 1.18. The predicted octanol–water partition coefficient (Wildman–Crippen LogP) is 2.47. The highest BCUT2D eigenvalue weighted by molar-refractivity contribution is 6.35. The Labute approximate surface area is 75.0 Å². The van der Waals surface area contributed by atoms with Crippen LogP contribution in [-0.2, 0) is 0 Å². The van der Waals surface area contributed by atoms with Crippen molar-refractivity contribution in [2.45, 2.75) is 0 Å². The molecule has 1 aromatic heterocycles. The molecule has 0 saturated carbocycles. The van der Waals surface area contributed by atoms with Crippen molar-refractivity contribution in [1.29, 1.82) is 0 Å². The Bertz CT molecular complexity index is 385. The molecule has 0 aliphatic heterocycles. The number of pyridine rings is 1.